The molecule has 0 bridgehead atoms. The Labute approximate surface area is 153 Å². The van der Waals surface area contributed by atoms with Crippen molar-refractivity contribution in [2.24, 2.45) is 5.92 Å². The second-order valence-corrected chi connectivity index (χ2v) is 7.47. The first-order chi connectivity index (χ1) is 12.2. The van der Waals surface area contributed by atoms with Crippen LogP contribution in [0.3, 0.4) is 0 Å². The van der Waals surface area contributed by atoms with Crippen molar-refractivity contribution in [1.29, 1.82) is 5.26 Å². The van der Waals surface area contributed by atoms with Crippen molar-refractivity contribution in [2.75, 3.05) is 0 Å². The molecule has 0 radical (unpaired) electrons. The van der Waals surface area contributed by atoms with Crippen LogP contribution >= 0.6 is 11.3 Å². The first-order valence-electron chi connectivity index (χ1n) is 8.10. The van der Waals surface area contributed by atoms with Gasteiger partial charge in [0.2, 0.25) is 5.92 Å². The van der Waals surface area contributed by atoms with Gasteiger partial charge in [-0.3, -0.25) is 14.3 Å². The van der Waals surface area contributed by atoms with Crippen molar-refractivity contribution in [1.82, 2.24) is 9.55 Å². The van der Waals surface area contributed by atoms with Gasteiger partial charge in [0.1, 0.15) is 6.07 Å². The van der Waals surface area contributed by atoms with Crippen molar-refractivity contribution in [3.05, 3.63) is 51.3 Å². The minimum Gasteiger partial charge on any atom is -0.298 e. The molecule has 0 N–H and O–H groups in total. The lowest BCUT2D eigenvalue weighted by atomic mass is 10.0. The summed E-state index contributed by atoms with van der Waals surface area (Å²) in [4.78, 5) is 16.5. The molecule has 1 atom stereocenters. The van der Waals surface area contributed by atoms with E-state index in [0.29, 0.717) is 21.5 Å². The largest absolute Gasteiger partial charge is 0.308 e. The fourth-order valence-electron chi connectivity index (χ4n) is 2.69. The van der Waals surface area contributed by atoms with Crippen LogP contribution in [0.25, 0.3) is 21.5 Å². The van der Waals surface area contributed by atoms with Crippen LogP contribution in [0.15, 0.2) is 35.1 Å². The maximum atomic E-state index is 13.5. The number of halogens is 2. The molecule has 0 saturated heterocycles. The van der Waals surface area contributed by atoms with Gasteiger partial charge in [0, 0.05) is 23.7 Å². The molecule has 1 aromatic carbocycles. The molecule has 0 amide bonds. The molecule has 0 fully saturated rings. The Morgan fingerprint density at radius 3 is 2.73 bits per heavy atom. The second-order valence-electron chi connectivity index (χ2n) is 6.48. The number of rotatable bonds is 4. The van der Waals surface area contributed by atoms with Crippen molar-refractivity contribution < 1.29 is 8.78 Å². The van der Waals surface area contributed by atoms with Gasteiger partial charge < -0.3 is 0 Å². The highest BCUT2D eigenvalue weighted by Crippen LogP contribution is 2.29. The van der Waals surface area contributed by atoms with Crippen molar-refractivity contribution in [3.8, 4) is 17.3 Å². The second kappa shape index (κ2) is 6.61. The number of hydrogen-bond donors (Lipinski definition) is 0. The lowest BCUT2D eigenvalue weighted by Crippen LogP contribution is -2.28. The summed E-state index contributed by atoms with van der Waals surface area (Å²) in [5.74, 6) is -3.82. The number of thiazole rings is 1. The summed E-state index contributed by atoms with van der Waals surface area (Å²) < 4.78 is 29.1. The van der Waals surface area contributed by atoms with E-state index in [1.54, 1.807) is 30.3 Å². The third-order valence-electron chi connectivity index (χ3n) is 4.42. The van der Waals surface area contributed by atoms with Crippen LogP contribution in [0.1, 0.15) is 25.1 Å². The summed E-state index contributed by atoms with van der Waals surface area (Å²) in [7, 11) is 0. The van der Waals surface area contributed by atoms with E-state index in [0.717, 1.165) is 29.5 Å². The van der Waals surface area contributed by atoms with E-state index >= 15 is 0 Å². The Kier molecular flexibility index (Phi) is 4.63. The van der Waals surface area contributed by atoms with Crippen molar-refractivity contribution in [2.45, 2.75) is 33.2 Å². The minimum atomic E-state index is -2.86. The standard InChI is InChI=1S/C19H17F2N3OS/c1-11(19(3,20)21)10-24-15-7-6-13(8-16(15)26-18(24)25)17-14(9-22)5-4-12(2)23-17/h4-8,11H,10H2,1-3H3. The van der Waals surface area contributed by atoms with E-state index in [-0.39, 0.29) is 11.4 Å². The van der Waals surface area contributed by atoms with Crippen LogP contribution in [0.5, 0.6) is 0 Å². The number of fused-ring (bicyclic) bond motifs is 1. The Bertz CT molecular complexity index is 1070. The summed E-state index contributed by atoms with van der Waals surface area (Å²) in [6, 6.07) is 10.9. The molecule has 0 aliphatic carbocycles. The van der Waals surface area contributed by atoms with E-state index < -0.39 is 11.8 Å². The molecule has 1 unspecified atom stereocenters. The Morgan fingerprint density at radius 2 is 2.08 bits per heavy atom. The summed E-state index contributed by atoms with van der Waals surface area (Å²) in [5, 5.41) is 9.29. The van der Waals surface area contributed by atoms with Crippen LogP contribution in [0.4, 0.5) is 8.78 Å². The van der Waals surface area contributed by atoms with Crippen LogP contribution < -0.4 is 4.87 Å². The van der Waals surface area contributed by atoms with Gasteiger partial charge in [0.25, 0.3) is 0 Å². The Hall–Kier alpha value is -2.59. The molecule has 26 heavy (non-hydrogen) atoms. The molecule has 2 aromatic heterocycles. The third kappa shape index (κ3) is 3.37. The van der Waals surface area contributed by atoms with Gasteiger partial charge in [-0.2, -0.15) is 5.26 Å². The normalized spacial score (nSPS) is 12.9. The number of alkyl halides is 2. The fraction of sp³-hybridized carbons (Fsp3) is 0.316. The number of nitriles is 1. The molecule has 0 spiro atoms. The van der Waals surface area contributed by atoms with Crippen molar-refractivity contribution >= 4 is 21.6 Å². The molecular weight excluding hydrogens is 356 g/mol. The first kappa shape index (κ1) is 18.2. The quantitative estimate of drug-likeness (QED) is 0.672. The SMILES string of the molecule is Cc1ccc(C#N)c(-c2ccc3c(c2)sc(=O)n3CC(C)C(C)(F)F)n1. The number of nitrogens with zero attached hydrogens (tertiary/aromatic N) is 3. The van der Waals surface area contributed by atoms with Crippen LogP contribution in [0, 0.1) is 24.2 Å². The Balaban J connectivity index is 2.09. The van der Waals surface area contributed by atoms with Gasteiger partial charge in [-0.15, -0.1) is 0 Å². The predicted octanol–water partition coefficient (Wildman–Crippen LogP) is 4.60. The van der Waals surface area contributed by atoms with Gasteiger partial charge in [-0.05, 0) is 38.1 Å². The average Bonchev–Trinajstić information content (AvgIpc) is 2.88. The number of benzene rings is 1. The van der Waals surface area contributed by atoms with Gasteiger partial charge in [-0.25, -0.2) is 8.78 Å². The molecule has 7 heteroatoms. The average molecular weight is 373 g/mol. The molecule has 0 aliphatic rings. The molecule has 0 aliphatic heterocycles. The highest BCUT2D eigenvalue weighted by Gasteiger charge is 2.31. The minimum absolute atomic E-state index is 0.0478. The van der Waals surface area contributed by atoms with Gasteiger partial charge in [0.15, 0.2) is 0 Å². The molecule has 0 saturated carbocycles. The summed E-state index contributed by atoms with van der Waals surface area (Å²) in [5.41, 5.74) is 3.12. The lowest BCUT2D eigenvalue weighted by molar-refractivity contribution is -0.0381. The van der Waals surface area contributed by atoms with E-state index in [2.05, 4.69) is 11.1 Å². The fourth-order valence-corrected chi connectivity index (χ4v) is 3.63. The monoisotopic (exact) mass is 373 g/mol. The van der Waals surface area contributed by atoms with E-state index in [1.165, 1.54) is 11.5 Å². The van der Waals surface area contributed by atoms with Gasteiger partial charge in [0.05, 0.1) is 21.5 Å². The zero-order chi connectivity index (χ0) is 19.1. The van der Waals surface area contributed by atoms with Gasteiger partial charge in [-0.1, -0.05) is 24.3 Å². The summed E-state index contributed by atoms with van der Waals surface area (Å²) in [6.07, 6.45) is 0. The van der Waals surface area contributed by atoms with Crippen LogP contribution in [-0.2, 0) is 6.54 Å². The summed E-state index contributed by atoms with van der Waals surface area (Å²) >= 11 is 1.01. The first-order valence-corrected chi connectivity index (χ1v) is 8.91. The van der Waals surface area contributed by atoms with E-state index in [1.807, 2.05) is 6.92 Å². The number of aromatic nitrogens is 2. The number of aryl methyl sites for hydroxylation is 1. The van der Waals surface area contributed by atoms with E-state index in [4.69, 9.17) is 0 Å². The molecule has 3 aromatic rings. The maximum absolute atomic E-state index is 13.5. The molecular formula is C19H17F2N3OS. The molecule has 3 rings (SSSR count). The smallest absolute Gasteiger partial charge is 0.298 e. The van der Waals surface area contributed by atoms with Crippen LogP contribution in [-0.4, -0.2) is 15.5 Å². The maximum Gasteiger partial charge on any atom is 0.308 e. The topological polar surface area (TPSA) is 58.7 Å². The zero-order valence-corrected chi connectivity index (χ0v) is 15.4. The number of pyridine rings is 1. The molecule has 134 valence electrons. The lowest BCUT2D eigenvalue weighted by Gasteiger charge is -2.19. The number of hydrogen-bond acceptors (Lipinski definition) is 4. The third-order valence-corrected chi connectivity index (χ3v) is 5.36. The highest BCUT2D eigenvalue weighted by atomic mass is 32.1. The van der Waals surface area contributed by atoms with Crippen LogP contribution in [0.2, 0.25) is 0 Å². The van der Waals surface area contributed by atoms with E-state index in [9.17, 15) is 18.8 Å². The Morgan fingerprint density at radius 1 is 1.35 bits per heavy atom. The molecule has 2 heterocycles. The highest BCUT2D eigenvalue weighted by molar-refractivity contribution is 7.16. The molecule has 4 nitrogen and oxygen atoms in total. The summed E-state index contributed by atoms with van der Waals surface area (Å²) in [6.45, 7) is 4.08. The predicted molar refractivity (Wildman–Crippen MR) is 98.6 cm³/mol. The van der Waals surface area contributed by atoms with Gasteiger partial charge >= 0.3 is 4.87 Å². The zero-order valence-electron chi connectivity index (χ0n) is 14.6. The van der Waals surface area contributed by atoms with Crippen molar-refractivity contribution in [3.63, 3.8) is 0 Å².